The van der Waals surface area contributed by atoms with Crippen LogP contribution >= 0.6 is 39.1 Å². The molecule has 162 valence electrons. The molecule has 0 fully saturated rings. The Morgan fingerprint density at radius 1 is 1.20 bits per heavy atom. The minimum Gasteiger partial charge on any atom is -0.483 e. The van der Waals surface area contributed by atoms with Crippen molar-refractivity contribution in [3.63, 3.8) is 0 Å². The Morgan fingerprint density at radius 3 is 2.60 bits per heavy atom. The van der Waals surface area contributed by atoms with E-state index in [1.165, 1.54) is 4.90 Å². The third kappa shape index (κ3) is 7.18. The van der Waals surface area contributed by atoms with Crippen LogP contribution in [0.15, 0.2) is 46.9 Å². The lowest BCUT2D eigenvalue weighted by Gasteiger charge is -2.29. The van der Waals surface area contributed by atoms with Gasteiger partial charge in [0.2, 0.25) is 5.91 Å². The molecule has 2 aromatic carbocycles. The normalized spacial score (nSPS) is 11.6. The number of carbonyl (C=O) groups excluding carboxylic acids is 2. The van der Waals surface area contributed by atoms with Crippen LogP contribution in [0, 0.1) is 0 Å². The summed E-state index contributed by atoms with van der Waals surface area (Å²) in [6, 6.07) is 11.6. The van der Waals surface area contributed by atoms with Gasteiger partial charge < -0.3 is 15.0 Å². The van der Waals surface area contributed by atoms with Gasteiger partial charge in [-0.1, -0.05) is 54.7 Å². The highest BCUT2D eigenvalue weighted by atomic mass is 79.9. The molecule has 0 aliphatic heterocycles. The molecule has 0 saturated heterocycles. The molecule has 0 aromatic heterocycles. The molecule has 2 amide bonds. The molecule has 1 N–H and O–H groups in total. The number of amides is 2. The maximum absolute atomic E-state index is 13.0. The van der Waals surface area contributed by atoms with Gasteiger partial charge in [-0.2, -0.15) is 0 Å². The monoisotopic (exact) mass is 514 g/mol. The molecule has 5 nitrogen and oxygen atoms in total. The predicted octanol–water partition coefficient (Wildman–Crippen LogP) is 5.47. The first kappa shape index (κ1) is 24.5. The van der Waals surface area contributed by atoms with E-state index in [-0.39, 0.29) is 25.0 Å². The Balaban J connectivity index is 2.15. The van der Waals surface area contributed by atoms with E-state index in [0.29, 0.717) is 26.8 Å². The summed E-state index contributed by atoms with van der Waals surface area (Å²) in [5.74, 6) is -0.0445. The zero-order chi connectivity index (χ0) is 22.1. The maximum atomic E-state index is 13.0. The Hall–Kier alpha value is -1.76. The van der Waals surface area contributed by atoms with Gasteiger partial charge in [-0.25, -0.2) is 0 Å². The topological polar surface area (TPSA) is 58.6 Å². The van der Waals surface area contributed by atoms with Crippen LogP contribution in [0.1, 0.15) is 32.3 Å². The van der Waals surface area contributed by atoms with Crippen LogP contribution in [0.3, 0.4) is 0 Å². The van der Waals surface area contributed by atoms with Crippen LogP contribution in [0.4, 0.5) is 0 Å². The molecule has 1 atom stereocenters. The SMILES string of the molecule is CCCCNC(=O)[C@H](C)N(Cc1ccccc1Cl)C(=O)COc1ccc(Cl)cc1Br. The highest BCUT2D eigenvalue weighted by Crippen LogP contribution is 2.28. The van der Waals surface area contributed by atoms with E-state index in [1.807, 2.05) is 18.2 Å². The van der Waals surface area contributed by atoms with Crippen molar-refractivity contribution in [3.05, 3.63) is 62.5 Å². The molecule has 2 rings (SSSR count). The van der Waals surface area contributed by atoms with Crippen LogP contribution < -0.4 is 10.1 Å². The van der Waals surface area contributed by atoms with E-state index in [0.717, 1.165) is 18.4 Å². The van der Waals surface area contributed by atoms with Crippen LogP contribution in [0.2, 0.25) is 10.0 Å². The highest BCUT2D eigenvalue weighted by molar-refractivity contribution is 9.10. The fourth-order valence-corrected chi connectivity index (χ4v) is 3.74. The van der Waals surface area contributed by atoms with Crippen molar-refractivity contribution < 1.29 is 14.3 Å². The molecule has 0 saturated carbocycles. The largest absolute Gasteiger partial charge is 0.483 e. The summed E-state index contributed by atoms with van der Waals surface area (Å²) in [6.45, 7) is 4.30. The number of benzene rings is 2. The van der Waals surface area contributed by atoms with E-state index in [4.69, 9.17) is 27.9 Å². The van der Waals surface area contributed by atoms with Gasteiger partial charge in [0.25, 0.3) is 5.91 Å². The van der Waals surface area contributed by atoms with Crippen molar-refractivity contribution in [3.8, 4) is 5.75 Å². The van der Waals surface area contributed by atoms with E-state index >= 15 is 0 Å². The molecule has 0 aliphatic carbocycles. The number of carbonyl (C=O) groups is 2. The lowest BCUT2D eigenvalue weighted by Crippen LogP contribution is -2.49. The minimum absolute atomic E-state index is 0.200. The van der Waals surface area contributed by atoms with Crippen LogP contribution in [0.25, 0.3) is 0 Å². The first-order valence-electron chi connectivity index (χ1n) is 9.72. The first-order chi connectivity index (χ1) is 14.3. The summed E-state index contributed by atoms with van der Waals surface area (Å²) in [7, 11) is 0. The number of halogens is 3. The molecule has 0 radical (unpaired) electrons. The van der Waals surface area contributed by atoms with Crippen LogP contribution in [-0.2, 0) is 16.1 Å². The third-order valence-electron chi connectivity index (χ3n) is 4.54. The lowest BCUT2D eigenvalue weighted by atomic mass is 10.1. The molecule has 0 aliphatic rings. The third-order valence-corrected chi connectivity index (χ3v) is 5.76. The number of hydrogen-bond donors (Lipinski definition) is 1. The summed E-state index contributed by atoms with van der Waals surface area (Å²) in [6.07, 6.45) is 1.85. The van der Waals surface area contributed by atoms with Crippen LogP contribution in [0.5, 0.6) is 5.75 Å². The average molecular weight is 516 g/mol. The molecular weight excluding hydrogens is 491 g/mol. The van der Waals surface area contributed by atoms with Crippen molar-refractivity contribution in [1.82, 2.24) is 10.2 Å². The lowest BCUT2D eigenvalue weighted by molar-refractivity contribution is -0.142. The van der Waals surface area contributed by atoms with Crippen LogP contribution in [-0.4, -0.2) is 35.9 Å². The van der Waals surface area contributed by atoms with Crippen molar-refractivity contribution in [2.75, 3.05) is 13.2 Å². The minimum atomic E-state index is -0.678. The smallest absolute Gasteiger partial charge is 0.261 e. The summed E-state index contributed by atoms with van der Waals surface area (Å²) in [5, 5.41) is 3.97. The van der Waals surface area contributed by atoms with Gasteiger partial charge in [-0.05, 0) is 59.1 Å². The fraction of sp³-hybridized carbons (Fsp3) is 0.364. The number of rotatable bonds is 10. The molecule has 30 heavy (non-hydrogen) atoms. The van der Waals surface area contributed by atoms with Crippen molar-refractivity contribution in [1.29, 1.82) is 0 Å². The second kappa shape index (κ2) is 12.2. The van der Waals surface area contributed by atoms with Gasteiger partial charge >= 0.3 is 0 Å². The molecule has 0 bridgehead atoms. The zero-order valence-corrected chi connectivity index (χ0v) is 20.1. The molecule has 8 heteroatoms. The molecule has 2 aromatic rings. The average Bonchev–Trinajstić information content (AvgIpc) is 2.72. The van der Waals surface area contributed by atoms with Gasteiger partial charge in [0.1, 0.15) is 11.8 Å². The Morgan fingerprint density at radius 2 is 1.93 bits per heavy atom. The van der Waals surface area contributed by atoms with Gasteiger partial charge in [-0.3, -0.25) is 9.59 Å². The quantitative estimate of drug-likeness (QED) is 0.427. The van der Waals surface area contributed by atoms with E-state index in [1.54, 1.807) is 31.2 Å². The van der Waals surface area contributed by atoms with E-state index in [2.05, 4.69) is 28.2 Å². The van der Waals surface area contributed by atoms with Gasteiger partial charge in [0, 0.05) is 23.1 Å². The molecule has 0 spiro atoms. The Labute approximate surface area is 195 Å². The zero-order valence-electron chi connectivity index (χ0n) is 17.0. The summed E-state index contributed by atoms with van der Waals surface area (Å²) in [4.78, 5) is 27.1. The van der Waals surface area contributed by atoms with E-state index in [9.17, 15) is 9.59 Å². The van der Waals surface area contributed by atoms with Crippen molar-refractivity contribution in [2.24, 2.45) is 0 Å². The standard InChI is InChI=1S/C22H25BrCl2N2O3/c1-3-4-11-26-22(29)15(2)27(13-16-7-5-6-8-19(16)25)21(28)14-30-20-10-9-17(24)12-18(20)23/h5-10,12,15H,3-4,11,13-14H2,1-2H3,(H,26,29)/t15-/m0/s1. The summed E-state index contributed by atoms with van der Waals surface area (Å²) < 4.78 is 6.31. The van der Waals surface area contributed by atoms with Gasteiger partial charge in [0.05, 0.1) is 4.47 Å². The Kier molecular flexibility index (Phi) is 9.95. The second-order valence-electron chi connectivity index (χ2n) is 6.80. The number of ether oxygens (including phenoxy) is 1. The molecule has 0 unspecified atom stereocenters. The maximum Gasteiger partial charge on any atom is 0.261 e. The summed E-state index contributed by atoms with van der Waals surface area (Å²) >= 11 is 15.6. The van der Waals surface area contributed by atoms with Crippen molar-refractivity contribution >= 4 is 50.9 Å². The number of nitrogens with one attached hydrogen (secondary N) is 1. The number of unbranched alkanes of at least 4 members (excludes halogenated alkanes) is 1. The highest BCUT2D eigenvalue weighted by Gasteiger charge is 2.27. The number of hydrogen-bond acceptors (Lipinski definition) is 3. The van der Waals surface area contributed by atoms with Crippen molar-refractivity contribution in [2.45, 2.75) is 39.3 Å². The van der Waals surface area contributed by atoms with Gasteiger partial charge in [-0.15, -0.1) is 0 Å². The predicted molar refractivity (Wildman–Crippen MR) is 124 cm³/mol. The van der Waals surface area contributed by atoms with Gasteiger partial charge in [0.15, 0.2) is 6.61 Å². The first-order valence-corrected chi connectivity index (χ1v) is 11.3. The second-order valence-corrected chi connectivity index (χ2v) is 8.49. The van der Waals surface area contributed by atoms with E-state index < -0.39 is 6.04 Å². The Bertz CT molecular complexity index is 879. The molecule has 0 heterocycles. The molecular formula is C22H25BrCl2N2O3. The summed E-state index contributed by atoms with van der Waals surface area (Å²) in [5.41, 5.74) is 0.758. The number of nitrogens with zero attached hydrogens (tertiary/aromatic N) is 1. The fourth-order valence-electron chi connectivity index (χ4n) is 2.74.